The first-order valence-electron chi connectivity index (χ1n) is 7.79. The van der Waals surface area contributed by atoms with Gasteiger partial charge in [-0.3, -0.25) is 9.59 Å². The summed E-state index contributed by atoms with van der Waals surface area (Å²) in [6.07, 6.45) is 1.57. The topological polar surface area (TPSA) is 50.3 Å². The van der Waals surface area contributed by atoms with E-state index in [0.717, 1.165) is 19.4 Å². The first-order valence-corrected chi connectivity index (χ1v) is 9.37. The lowest BCUT2D eigenvalue weighted by Gasteiger charge is -2.22. The van der Waals surface area contributed by atoms with Crippen LogP contribution in [-0.2, 0) is 0 Å². The number of anilines is 1. The predicted octanol–water partition coefficient (Wildman–Crippen LogP) is 5.40. The Morgan fingerprint density at radius 3 is 1.69 bits per heavy atom. The molecule has 0 aliphatic carbocycles. The molecule has 3 aromatic rings. The first kappa shape index (κ1) is 18.5. The van der Waals surface area contributed by atoms with Gasteiger partial charge < -0.3 is 0 Å². The van der Waals surface area contributed by atoms with Crippen molar-refractivity contribution in [3.8, 4) is 0 Å². The molecule has 0 bridgehead atoms. The SMILES string of the molecule is Cc1cccnc1N(C(=O)c1ccc(Br)cc1)C(=O)c1ccc(Br)cc1. The number of nitrogens with zero attached hydrogens (tertiary/aromatic N) is 2. The quantitative estimate of drug-likeness (QED) is 0.478. The number of carbonyl (C=O) groups excluding carboxylic acids is 2. The molecular weight excluding hydrogens is 460 g/mol. The van der Waals surface area contributed by atoms with Crippen molar-refractivity contribution in [2.24, 2.45) is 0 Å². The van der Waals surface area contributed by atoms with E-state index in [2.05, 4.69) is 36.8 Å². The van der Waals surface area contributed by atoms with Crippen molar-refractivity contribution in [3.05, 3.63) is 92.5 Å². The van der Waals surface area contributed by atoms with E-state index in [1.807, 2.05) is 13.0 Å². The highest BCUT2D eigenvalue weighted by Crippen LogP contribution is 2.23. The summed E-state index contributed by atoms with van der Waals surface area (Å²) in [5, 5.41) is 0. The van der Waals surface area contributed by atoms with E-state index in [-0.39, 0.29) is 0 Å². The highest BCUT2D eigenvalue weighted by atomic mass is 79.9. The number of hydrogen-bond donors (Lipinski definition) is 0. The zero-order valence-corrected chi connectivity index (χ0v) is 17.0. The number of aryl methyl sites for hydroxylation is 1. The fourth-order valence-electron chi connectivity index (χ4n) is 2.44. The van der Waals surface area contributed by atoms with Gasteiger partial charge in [-0.2, -0.15) is 0 Å². The molecule has 26 heavy (non-hydrogen) atoms. The highest BCUT2D eigenvalue weighted by molar-refractivity contribution is 9.10. The molecule has 6 heteroatoms. The highest BCUT2D eigenvalue weighted by Gasteiger charge is 2.28. The number of pyridine rings is 1. The van der Waals surface area contributed by atoms with Gasteiger partial charge in [0.15, 0.2) is 0 Å². The van der Waals surface area contributed by atoms with Crippen LogP contribution in [0.3, 0.4) is 0 Å². The lowest BCUT2D eigenvalue weighted by Crippen LogP contribution is -2.38. The van der Waals surface area contributed by atoms with Gasteiger partial charge in [-0.1, -0.05) is 37.9 Å². The van der Waals surface area contributed by atoms with Gasteiger partial charge in [0.1, 0.15) is 5.82 Å². The van der Waals surface area contributed by atoms with Gasteiger partial charge in [0.05, 0.1) is 0 Å². The third-order valence-corrected chi connectivity index (χ3v) is 4.84. The molecule has 1 heterocycles. The number of halogens is 2. The standard InChI is InChI=1S/C20H14Br2N2O2/c1-13-3-2-12-23-18(13)24(19(25)14-4-8-16(21)9-5-14)20(26)15-6-10-17(22)11-7-15/h2-12H,1H3. The molecule has 0 spiro atoms. The minimum atomic E-state index is -0.424. The number of amides is 2. The van der Waals surface area contributed by atoms with E-state index < -0.39 is 11.8 Å². The van der Waals surface area contributed by atoms with Gasteiger partial charge in [-0.05, 0) is 67.1 Å². The molecule has 2 aromatic carbocycles. The van der Waals surface area contributed by atoms with E-state index in [9.17, 15) is 9.59 Å². The van der Waals surface area contributed by atoms with Crippen LogP contribution in [0.1, 0.15) is 26.3 Å². The summed E-state index contributed by atoms with van der Waals surface area (Å²) >= 11 is 6.70. The molecule has 0 saturated carbocycles. The molecule has 0 unspecified atom stereocenters. The Labute approximate surface area is 168 Å². The third-order valence-electron chi connectivity index (χ3n) is 3.78. The Morgan fingerprint density at radius 2 is 1.27 bits per heavy atom. The van der Waals surface area contributed by atoms with Crippen LogP contribution < -0.4 is 4.90 Å². The molecule has 1 aromatic heterocycles. The Bertz CT molecular complexity index is 897. The van der Waals surface area contributed by atoms with Crippen LogP contribution in [0.25, 0.3) is 0 Å². The van der Waals surface area contributed by atoms with Gasteiger partial charge in [0.2, 0.25) is 0 Å². The van der Waals surface area contributed by atoms with Crippen molar-refractivity contribution in [2.45, 2.75) is 6.92 Å². The van der Waals surface area contributed by atoms with Crippen LogP contribution in [0.15, 0.2) is 75.8 Å². The Morgan fingerprint density at radius 1 is 0.808 bits per heavy atom. The largest absolute Gasteiger partial charge is 0.268 e. The number of imide groups is 1. The molecule has 0 aliphatic rings. The normalized spacial score (nSPS) is 10.4. The van der Waals surface area contributed by atoms with E-state index in [4.69, 9.17) is 0 Å². The van der Waals surface area contributed by atoms with Crippen molar-refractivity contribution in [1.82, 2.24) is 4.98 Å². The first-order chi connectivity index (χ1) is 12.5. The van der Waals surface area contributed by atoms with Crippen LogP contribution in [0, 0.1) is 6.92 Å². The lowest BCUT2D eigenvalue weighted by atomic mass is 10.1. The second-order valence-corrected chi connectivity index (χ2v) is 7.43. The van der Waals surface area contributed by atoms with Crippen molar-refractivity contribution in [1.29, 1.82) is 0 Å². The molecule has 3 rings (SSSR count). The molecule has 0 aliphatic heterocycles. The number of hydrogen-bond acceptors (Lipinski definition) is 3. The van der Waals surface area contributed by atoms with Crippen LogP contribution in [0.2, 0.25) is 0 Å². The van der Waals surface area contributed by atoms with Crippen LogP contribution in [-0.4, -0.2) is 16.8 Å². The second-order valence-electron chi connectivity index (χ2n) is 5.60. The van der Waals surface area contributed by atoms with Crippen molar-refractivity contribution in [3.63, 3.8) is 0 Å². The van der Waals surface area contributed by atoms with Crippen molar-refractivity contribution in [2.75, 3.05) is 4.90 Å². The van der Waals surface area contributed by atoms with E-state index in [1.165, 1.54) is 0 Å². The summed E-state index contributed by atoms with van der Waals surface area (Å²) < 4.78 is 1.71. The molecule has 2 amide bonds. The van der Waals surface area contributed by atoms with E-state index in [0.29, 0.717) is 16.9 Å². The van der Waals surface area contributed by atoms with E-state index in [1.54, 1.807) is 60.8 Å². The summed E-state index contributed by atoms with van der Waals surface area (Å²) in [7, 11) is 0. The summed E-state index contributed by atoms with van der Waals surface area (Å²) in [5.41, 5.74) is 1.55. The fraction of sp³-hybridized carbons (Fsp3) is 0.0500. The van der Waals surface area contributed by atoms with Gasteiger partial charge in [-0.25, -0.2) is 9.88 Å². The molecule has 130 valence electrons. The molecule has 0 atom stereocenters. The van der Waals surface area contributed by atoms with Crippen molar-refractivity contribution >= 4 is 49.5 Å². The van der Waals surface area contributed by atoms with Gasteiger partial charge in [-0.15, -0.1) is 0 Å². The minimum absolute atomic E-state index is 0.327. The Kier molecular flexibility index (Phi) is 5.64. The van der Waals surface area contributed by atoms with Crippen LogP contribution >= 0.6 is 31.9 Å². The predicted molar refractivity (Wildman–Crippen MR) is 108 cm³/mol. The molecular formula is C20H14Br2N2O2. The smallest absolute Gasteiger partial charge is 0.266 e. The van der Waals surface area contributed by atoms with Crippen molar-refractivity contribution < 1.29 is 9.59 Å². The summed E-state index contributed by atoms with van der Waals surface area (Å²) in [5.74, 6) is -0.521. The number of rotatable bonds is 3. The fourth-order valence-corrected chi connectivity index (χ4v) is 2.97. The third kappa shape index (κ3) is 3.92. The zero-order valence-electron chi connectivity index (χ0n) is 13.8. The number of carbonyl (C=O) groups is 2. The molecule has 0 radical (unpaired) electrons. The van der Waals surface area contributed by atoms with Crippen LogP contribution in [0.4, 0.5) is 5.82 Å². The molecule has 4 nitrogen and oxygen atoms in total. The summed E-state index contributed by atoms with van der Waals surface area (Å²) in [6, 6.07) is 17.3. The maximum absolute atomic E-state index is 13.1. The lowest BCUT2D eigenvalue weighted by molar-refractivity contribution is 0.0896. The summed E-state index contributed by atoms with van der Waals surface area (Å²) in [4.78, 5) is 31.7. The monoisotopic (exact) mass is 472 g/mol. The zero-order chi connectivity index (χ0) is 18.7. The minimum Gasteiger partial charge on any atom is -0.268 e. The maximum atomic E-state index is 13.1. The molecule has 0 saturated heterocycles. The number of benzene rings is 2. The maximum Gasteiger partial charge on any atom is 0.266 e. The number of aromatic nitrogens is 1. The average Bonchev–Trinajstić information content (AvgIpc) is 2.64. The van der Waals surface area contributed by atoms with Crippen LogP contribution in [0.5, 0.6) is 0 Å². The van der Waals surface area contributed by atoms with Gasteiger partial charge in [0.25, 0.3) is 11.8 Å². The van der Waals surface area contributed by atoms with Gasteiger partial charge in [0, 0.05) is 26.3 Å². The Hall–Kier alpha value is -2.31. The molecule has 0 N–H and O–H groups in total. The average molecular weight is 474 g/mol. The Balaban J connectivity index is 2.08. The van der Waals surface area contributed by atoms with Gasteiger partial charge >= 0.3 is 0 Å². The second kappa shape index (κ2) is 7.93. The van der Waals surface area contributed by atoms with E-state index >= 15 is 0 Å². The summed E-state index contributed by atoms with van der Waals surface area (Å²) in [6.45, 7) is 1.82. The molecule has 0 fully saturated rings.